The maximum absolute atomic E-state index is 12.2. The first-order valence-corrected chi connectivity index (χ1v) is 8.17. The van der Waals surface area contributed by atoms with Crippen LogP contribution in [0.25, 0.3) is 0 Å². The first-order chi connectivity index (χ1) is 10.8. The lowest BCUT2D eigenvalue weighted by molar-refractivity contribution is -0.120. The smallest absolute Gasteiger partial charge is 0.228 e. The highest BCUT2D eigenvalue weighted by Gasteiger charge is 2.20. The Morgan fingerprint density at radius 1 is 1.27 bits per heavy atom. The maximum atomic E-state index is 12.2. The largest absolute Gasteiger partial charge is 0.491 e. The Labute approximate surface area is 131 Å². The molecule has 2 saturated heterocycles. The van der Waals surface area contributed by atoms with Crippen LogP contribution in [0, 0.1) is 5.92 Å². The van der Waals surface area contributed by atoms with Crippen LogP contribution in [-0.2, 0) is 9.53 Å². The average Bonchev–Trinajstić information content (AvgIpc) is 3.08. The maximum Gasteiger partial charge on any atom is 0.228 e. The SMILES string of the molecule is O=C(Nc1ccc(OCC2CCCO2)cc1)C1CCCNC1. The molecule has 2 N–H and O–H groups in total. The Kier molecular flexibility index (Phi) is 5.29. The number of amides is 1. The Morgan fingerprint density at radius 3 is 2.82 bits per heavy atom. The van der Waals surface area contributed by atoms with E-state index < -0.39 is 0 Å². The van der Waals surface area contributed by atoms with Gasteiger partial charge in [-0.3, -0.25) is 4.79 Å². The van der Waals surface area contributed by atoms with E-state index in [1.165, 1.54) is 0 Å². The quantitative estimate of drug-likeness (QED) is 0.875. The molecule has 2 atom stereocenters. The summed E-state index contributed by atoms with van der Waals surface area (Å²) in [7, 11) is 0. The number of hydrogen-bond acceptors (Lipinski definition) is 4. The van der Waals surface area contributed by atoms with Gasteiger partial charge in [-0.1, -0.05) is 0 Å². The van der Waals surface area contributed by atoms with E-state index in [1.807, 2.05) is 24.3 Å². The first-order valence-electron chi connectivity index (χ1n) is 8.17. The summed E-state index contributed by atoms with van der Waals surface area (Å²) >= 11 is 0. The van der Waals surface area contributed by atoms with Crippen molar-refractivity contribution in [2.45, 2.75) is 31.8 Å². The van der Waals surface area contributed by atoms with Crippen LogP contribution in [0.5, 0.6) is 5.75 Å². The van der Waals surface area contributed by atoms with Crippen molar-refractivity contribution in [3.8, 4) is 5.75 Å². The lowest BCUT2D eigenvalue weighted by Crippen LogP contribution is -2.37. The minimum atomic E-state index is 0.0733. The molecular weight excluding hydrogens is 280 g/mol. The average molecular weight is 304 g/mol. The number of piperidine rings is 1. The molecule has 0 saturated carbocycles. The van der Waals surface area contributed by atoms with E-state index in [4.69, 9.17) is 9.47 Å². The molecule has 22 heavy (non-hydrogen) atoms. The minimum absolute atomic E-state index is 0.0733. The van der Waals surface area contributed by atoms with E-state index in [-0.39, 0.29) is 17.9 Å². The summed E-state index contributed by atoms with van der Waals surface area (Å²) in [5.74, 6) is 0.984. The molecule has 2 unspecified atom stereocenters. The second-order valence-electron chi connectivity index (χ2n) is 6.00. The van der Waals surface area contributed by atoms with E-state index in [0.29, 0.717) is 6.61 Å². The predicted octanol–water partition coefficient (Wildman–Crippen LogP) is 2.18. The number of hydrogen-bond donors (Lipinski definition) is 2. The third kappa shape index (κ3) is 4.21. The van der Waals surface area contributed by atoms with Crippen molar-refractivity contribution in [2.24, 2.45) is 5.92 Å². The van der Waals surface area contributed by atoms with Gasteiger partial charge in [-0.05, 0) is 56.5 Å². The van der Waals surface area contributed by atoms with Gasteiger partial charge in [0.1, 0.15) is 12.4 Å². The van der Waals surface area contributed by atoms with Crippen LogP contribution in [0.15, 0.2) is 24.3 Å². The second-order valence-corrected chi connectivity index (χ2v) is 6.00. The van der Waals surface area contributed by atoms with Gasteiger partial charge in [0.15, 0.2) is 0 Å². The summed E-state index contributed by atoms with van der Waals surface area (Å²) in [6.07, 6.45) is 4.44. The molecule has 120 valence electrons. The molecule has 5 heteroatoms. The number of carbonyl (C=O) groups excluding carboxylic acids is 1. The van der Waals surface area contributed by atoms with Crippen LogP contribution in [0.3, 0.4) is 0 Å². The van der Waals surface area contributed by atoms with E-state index in [0.717, 1.165) is 56.8 Å². The fraction of sp³-hybridized carbons (Fsp3) is 0.588. The standard InChI is InChI=1S/C17H24N2O3/c20-17(13-3-1-9-18-11-13)19-14-5-7-15(8-6-14)22-12-16-4-2-10-21-16/h5-8,13,16,18H,1-4,9-12H2,(H,19,20). The molecule has 0 spiro atoms. The van der Waals surface area contributed by atoms with Gasteiger partial charge >= 0.3 is 0 Å². The number of rotatable bonds is 5. The van der Waals surface area contributed by atoms with E-state index in [9.17, 15) is 4.79 Å². The third-order valence-corrected chi connectivity index (χ3v) is 4.25. The van der Waals surface area contributed by atoms with Crippen molar-refractivity contribution < 1.29 is 14.3 Å². The van der Waals surface area contributed by atoms with Crippen LogP contribution in [0.1, 0.15) is 25.7 Å². The number of carbonyl (C=O) groups is 1. The number of ether oxygens (including phenoxy) is 2. The van der Waals surface area contributed by atoms with Gasteiger partial charge in [0.25, 0.3) is 0 Å². The molecule has 1 aromatic rings. The van der Waals surface area contributed by atoms with Crippen molar-refractivity contribution in [3.05, 3.63) is 24.3 Å². The molecule has 5 nitrogen and oxygen atoms in total. The van der Waals surface area contributed by atoms with Crippen LogP contribution < -0.4 is 15.4 Å². The van der Waals surface area contributed by atoms with Gasteiger partial charge < -0.3 is 20.1 Å². The van der Waals surface area contributed by atoms with Crippen molar-refractivity contribution in [2.75, 3.05) is 31.6 Å². The van der Waals surface area contributed by atoms with E-state index in [2.05, 4.69) is 10.6 Å². The molecule has 3 rings (SSSR count). The van der Waals surface area contributed by atoms with Gasteiger partial charge in [0.2, 0.25) is 5.91 Å². The zero-order valence-corrected chi connectivity index (χ0v) is 12.8. The lowest BCUT2D eigenvalue weighted by atomic mass is 9.99. The number of anilines is 1. The topological polar surface area (TPSA) is 59.6 Å². The highest BCUT2D eigenvalue weighted by atomic mass is 16.5. The van der Waals surface area contributed by atoms with Gasteiger partial charge in [0.05, 0.1) is 12.0 Å². The molecule has 0 aliphatic carbocycles. The van der Waals surface area contributed by atoms with Crippen molar-refractivity contribution in [1.29, 1.82) is 0 Å². The molecule has 2 heterocycles. The highest BCUT2D eigenvalue weighted by molar-refractivity contribution is 5.92. The molecule has 0 bridgehead atoms. The summed E-state index contributed by atoms with van der Waals surface area (Å²) in [4.78, 5) is 12.2. The molecule has 1 amide bonds. The molecule has 2 aliphatic rings. The fourth-order valence-electron chi connectivity index (χ4n) is 2.92. The molecule has 0 radical (unpaired) electrons. The lowest BCUT2D eigenvalue weighted by Gasteiger charge is -2.21. The van der Waals surface area contributed by atoms with Crippen LogP contribution in [0.2, 0.25) is 0 Å². The van der Waals surface area contributed by atoms with Crippen LogP contribution in [-0.4, -0.2) is 38.3 Å². The summed E-state index contributed by atoms with van der Waals surface area (Å²) < 4.78 is 11.2. The molecule has 1 aromatic carbocycles. The summed E-state index contributed by atoms with van der Waals surface area (Å²) in [5, 5.41) is 6.24. The predicted molar refractivity (Wildman–Crippen MR) is 85.1 cm³/mol. The van der Waals surface area contributed by atoms with Gasteiger partial charge in [-0.25, -0.2) is 0 Å². The first kappa shape index (κ1) is 15.3. The Bertz CT molecular complexity index is 477. The van der Waals surface area contributed by atoms with Crippen molar-refractivity contribution in [3.63, 3.8) is 0 Å². The Balaban J connectivity index is 1.47. The van der Waals surface area contributed by atoms with Crippen molar-refractivity contribution >= 4 is 11.6 Å². The fourth-order valence-corrected chi connectivity index (χ4v) is 2.92. The Morgan fingerprint density at radius 2 is 2.14 bits per heavy atom. The highest BCUT2D eigenvalue weighted by Crippen LogP contribution is 2.19. The van der Waals surface area contributed by atoms with Gasteiger partial charge in [0, 0.05) is 18.8 Å². The second kappa shape index (κ2) is 7.61. The zero-order chi connectivity index (χ0) is 15.2. The van der Waals surface area contributed by atoms with Crippen LogP contribution in [0.4, 0.5) is 5.69 Å². The summed E-state index contributed by atoms with van der Waals surface area (Å²) in [6.45, 7) is 3.23. The Hall–Kier alpha value is -1.59. The molecule has 2 aliphatic heterocycles. The summed E-state index contributed by atoms with van der Waals surface area (Å²) in [6, 6.07) is 7.56. The van der Waals surface area contributed by atoms with E-state index in [1.54, 1.807) is 0 Å². The summed E-state index contributed by atoms with van der Waals surface area (Å²) in [5.41, 5.74) is 0.819. The molecule has 0 aromatic heterocycles. The minimum Gasteiger partial charge on any atom is -0.491 e. The normalized spacial score (nSPS) is 24.9. The van der Waals surface area contributed by atoms with Gasteiger partial charge in [-0.15, -0.1) is 0 Å². The number of benzene rings is 1. The van der Waals surface area contributed by atoms with Gasteiger partial charge in [-0.2, -0.15) is 0 Å². The molecule has 2 fully saturated rings. The number of nitrogens with one attached hydrogen (secondary N) is 2. The third-order valence-electron chi connectivity index (χ3n) is 4.25. The zero-order valence-electron chi connectivity index (χ0n) is 12.8. The van der Waals surface area contributed by atoms with Crippen LogP contribution >= 0.6 is 0 Å². The molecular formula is C17H24N2O3. The van der Waals surface area contributed by atoms with Crippen molar-refractivity contribution in [1.82, 2.24) is 5.32 Å². The monoisotopic (exact) mass is 304 g/mol. The van der Waals surface area contributed by atoms with E-state index >= 15 is 0 Å².